The van der Waals surface area contributed by atoms with Crippen molar-refractivity contribution < 1.29 is 30.3 Å². The fourth-order valence-electron chi connectivity index (χ4n) is 6.30. The normalized spacial score (nSPS) is 54.5. The summed E-state index contributed by atoms with van der Waals surface area (Å²) in [6.07, 6.45) is 2.05. The van der Waals surface area contributed by atoms with E-state index in [0.717, 1.165) is 0 Å². The van der Waals surface area contributed by atoms with Gasteiger partial charge in [-0.05, 0) is 11.1 Å². The van der Waals surface area contributed by atoms with Gasteiger partial charge in [-0.25, -0.2) is 0 Å². The Balaban J connectivity index is 1.97. The number of aliphatic hydroxyl groups excluding tert-OH is 2. The van der Waals surface area contributed by atoms with Gasteiger partial charge in [-0.15, -0.1) is 0 Å². The van der Waals surface area contributed by atoms with Crippen LogP contribution in [0.1, 0.15) is 34.1 Å². The van der Waals surface area contributed by atoms with Gasteiger partial charge in [0.1, 0.15) is 11.2 Å². The van der Waals surface area contributed by atoms with Gasteiger partial charge in [0.05, 0.1) is 12.7 Å². The number of carbonyl (C=O) groups excluding carboxylic acids is 1. The molecule has 0 heterocycles. The fraction of sp³-hybridized carbons (Fsp3) is 0.750. The molecule has 6 nitrogen and oxygen atoms in total. The fourth-order valence-corrected chi connectivity index (χ4v) is 6.30. The van der Waals surface area contributed by atoms with Crippen LogP contribution in [0.2, 0.25) is 0 Å². The summed E-state index contributed by atoms with van der Waals surface area (Å²) in [6, 6.07) is 0. The van der Waals surface area contributed by atoms with Crippen LogP contribution in [0.25, 0.3) is 0 Å². The van der Waals surface area contributed by atoms with Gasteiger partial charge >= 0.3 is 0 Å². The van der Waals surface area contributed by atoms with Gasteiger partial charge in [-0.2, -0.15) is 0 Å². The van der Waals surface area contributed by atoms with Crippen molar-refractivity contribution in [2.24, 2.45) is 29.1 Å². The summed E-state index contributed by atoms with van der Waals surface area (Å²) in [4.78, 5) is 12.7. The third-order valence-corrected chi connectivity index (χ3v) is 7.90. The van der Waals surface area contributed by atoms with E-state index >= 15 is 0 Å². The molecule has 0 aromatic rings. The van der Waals surface area contributed by atoms with E-state index in [1.807, 2.05) is 13.8 Å². The second-order valence-corrected chi connectivity index (χ2v) is 9.36. The maximum absolute atomic E-state index is 12.7. The van der Waals surface area contributed by atoms with Crippen molar-refractivity contribution in [2.75, 3.05) is 6.61 Å². The van der Waals surface area contributed by atoms with E-state index in [-0.39, 0.29) is 18.6 Å². The molecule has 0 amide bonds. The van der Waals surface area contributed by atoms with Crippen LogP contribution < -0.4 is 0 Å². The van der Waals surface area contributed by atoms with Gasteiger partial charge in [-0.3, -0.25) is 4.79 Å². The number of fused-ring (bicyclic) bond motifs is 5. The molecule has 4 aliphatic rings. The summed E-state index contributed by atoms with van der Waals surface area (Å²) >= 11 is 0. The van der Waals surface area contributed by atoms with Gasteiger partial charge in [0, 0.05) is 35.5 Å². The Bertz CT molecular complexity index is 753. The number of hydrogen-bond acceptors (Lipinski definition) is 6. The minimum Gasteiger partial charge on any atom is -0.392 e. The van der Waals surface area contributed by atoms with Crippen LogP contribution in [0.15, 0.2) is 23.3 Å². The third kappa shape index (κ3) is 1.69. The first-order valence-corrected chi connectivity index (χ1v) is 9.31. The van der Waals surface area contributed by atoms with Crippen LogP contribution in [0.5, 0.6) is 0 Å². The first kappa shape index (κ1) is 18.3. The molecule has 2 saturated carbocycles. The summed E-state index contributed by atoms with van der Waals surface area (Å²) < 4.78 is 0. The Kier molecular flexibility index (Phi) is 3.42. The van der Waals surface area contributed by atoms with E-state index < -0.39 is 57.8 Å². The molecule has 0 aliphatic heterocycles. The smallest absolute Gasteiger partial charge is 0.175 e. The van der Waals surface area contributed by atoms with Crippen molar-refractivity contribution in [3.63, 3.8) is 0 Å². The molecule has 144 valence electrons. The lowest BCUT2D eigenvalue weighted by Gasteiger charge is -2.49. The number of carbonyl (C=O) groups is 1. The van der Waals surface area contributed by atoms with E-state index in [1.54, 1.807) is 26.0 Å². The van der Waals surface area contributed by atoms with Crippen molar-refractivity contribution in [1.29, 1.82) is 0 Å². The van der Waals surface area contributed by atoms with Crippen molar-refractivity contribution >= 4 is 5.78 Å². The SMILES string of the molecule is CC1C=C2C(O)(CC(CO)=CC3C4C(C)(C)C4(O)C(O)C(C)C23O)C1=O. The molecule has 0 aromatic carbocycles. The highest BCUT2D eigenvalue weighted by Crippen LogP contribution is 2.74. The molecule has 26 heavy (non-hydrogen) atoms. The Morgan fingerprint density at radius 3 is 2.35 bits per heavy atom. The van der Waals surface area contributed by atoms with Gasteiger partial charge < -0.3 is 25.5 Å². The molecule has 0 saturated heterocycles. The third-order valence-electron chi connectivity index (χ3n) is 7.90. The predicted molar refractivity (Wildman–Crippen MR) is 92.8 cm³/mol. The number of aliphatic hydroxyl groups is 5. The summed E-state index contributed by atoms with van der Waals surface area (Å²) in [5.41, 5.74) is -4.86. The first-order chi connectivity index (χ1) is 11.9. The summed E-state index contributed by atoms with van der Waals surface area (Å²) in [6.45, 7) is 6.67. The van der Waals surface area contributed by atoms with Crippen molar-refractivity contribution in [1.82, 2.24) is 0 Å². The Morgan fingerprint density at radius 1 is 1.15 bits per heavy atom. The number of allylic oxidation sites excluding steroid dienone is 1. The number of hydrogen-bond donors (Lipinski definition) is 5. The average molecular weight is 364 g/mol. The summed E-state index contributed by atoms with van der Waals surface area (Å²) in [7, 11) is 0. The van der Waals surface area contributed by atoms with E-state index in [1.165, 1.54) is 0 Å². The van der Waals surface area contributed by atoms with Gasteiger partial charge in [0.25, 0.3) is 0 Å². The lowest BCUT2D eigenvalue weighted by molar-refractivity contribution is -0.165. The monoisotopic (exact) mass is 364 g/mol. The van der Waals surface area contributed by atoms with E-state index in [0.29, 0.717) is 5.57 Å². The highest BCUT2D eigenvalue weighted by molar-refractivity contribution is 5.98. The molecule has 0 radical (unpaired) electrons. The second-order valence-electron chi connectivity index (χ2n) is 9.36. The molecule has 8 unspecified atom stereocenters. The maximum atomic E-state index is 12.7. The van der Waals surface area contributed by atoms with Crippen LogP contribution in [-0.4, -0.2) is 60.8 Å². The molecular formula is C20H28O6. The van der Waals surface area contributed by atoms with E-state index in [2.05, 4.69) is 0 Å². The molecule has 0 aromatic heterocycles. The molecule has 2 fully saturated rings. The first-order valence-electron chi connectivity index (χ1n) is 9.31. The Labute approximate surface area is 152 Å². The van der Waals surface area contributed by atoms with Crippen LogP contribution in [0.3, 0.4) is 0 Å². The Morgan fingerprint density at radius 2 is 1.77 bits per heavy atom. The molecule has 8 atom stereocenters. The van der Waals surface area contributed by atoms with Gasteiger partial charge in [0.15, 0.2) is 11.4 Å². The molecule has 4 aliphatic carbocycles. The number of ketones is 1. The highest BCUT2D eigenvalue weighted by atomic mass is 16.4. The highest BCUT2D eigenvalue weighted by Gasteiger charge is 2.83. The van der Waals surface area contributed by atoms with E-state index in [9.17, 15) is 30.3 Å². The molecule has 6 heteroatoms. The standard InChI is InChI=1S/C20H28O6/c1-9-5-13-18(24,15(9)22)7-11(8-21)6-12-14-17(3,4)20(14,26)16(23)10(2)19(12,13)25/h5-6,9-10,12,14,16,21,23-26H,7-8H2,1-4H3. The van der Waals surface area contributed by atoms with Crippen LogP contribution in [0, 0.1) is 29.1 Å². The Hall–Kier alpha value is -1.05. The van der Waals surface area contributed by atoms with Crippen LogP contribution >= 0.6 is 0 Å². The van der Waals surface area contributed by atoms with E-state index in [4.69, 9.17) is 0 Å². The van der Waals surface area contributed by atoms with Gasteiger partial charge in [-0.1, -0.05) is 39.8 Å². The quantitative estimate of drug-likeness (QED) is 0.416. The summed E-state index contributed by atoms with van der Waals surface area (Å²) in [5, 5.41) is 54.9. The molecule has 0 spiro atoms. The minimum absolute atomic E-state index is 0.0777. The van der Waals surface area contributed by atoms with Crippen molar-refractivity contribution in [2.45, 2.75) is 57.0 Å². The zero-order valence-electron chi connectivity index (χ0n) is 15.6. The number of Topliss-reactive ketones (excluding diaryl/α,β-unsaturated/α-hetero) is 1. The molecule has 0 bridgehead atoms. The van der Waals surface area contributed by atoms with Crippen LogP contribution in [0.4, 0.5) is 0 Å². The maximum Gasteiger partial charge on any atom is 0.175 e. The predicted octanol–water partition coefficient (Wildman–Crippen LogP) is -0.0699. The minimum atomic E-state index is -1.89. The van der Waals surface area contributed by atoms with Gasteiger partial charge in [0.2, 0.25) is 0 Å². The van der Waals surface area contributed by atoms with Crippen molar-refractivity contribution in [3.8, 4) is 0 Å². The zero-order valence-corrected chi connectivity index (χ0v) is 15.6. The van der Waals surface area contributed by atoms with Crippen LogP contribution in [-0.2, 0) is 4.79 Å². The number of rotatable bonds is 1. The summed E-state index contributed by atoms with van der Waals surface area (Å²) in [5.74, 6) is -2.81. The topological polar surface area (TPSA) is 118 Å². The molecule has 5 N–H and O–H groups in total. The van der Waals surface area contributed by atoms with Crippen molar-refractivity contribution in [3.05, 3.63) is 23.3 Å². The largest absolute Gasteiger partial charge is 0.392 e. The zero-order chi connectivity index (χ0) is 19.4. The average Bonchev–Trinajstić information content (AvgIpc) is 2.97. The lowest BCUT2D eigenvalue weighted by Crippen LogP contribution is -2.61. The molecular weight excluding hydrogens is 336 g/mol. The second kappa shape index (κ2) is 4.86. The lowest BCUT2D eigenvalue weighted by atomic mass is 9.61. The molecule has 4 rings (SSSR count).